The van der Waals surface area contributed by atoms with Crippen molar-refractivity contribution in [2.24, 2.45) is 11.8 Å². The van der Waals surface area contributed by atoms with E-state index < -0.39 is 0 Å². The van der Waals surface area contributed by atoms with E-state index >= 15 is 0 Å². The lowest BCUT2D eigenvalue weighted by Gasteiger charge is -2.19. The molecule has 0 bridgehead atoms. The second kappa shape index (κ2) is 3.60. The van der Waals surface area contributed by atoms with Crippen LogP contribution in [0.4, 0.5) is 11.4 Å². The SMILES string of the molecule is Nc1ccc(NC(C2CC2)C2CC2)c2nonc12. The largest absolute Gasteiger partial charge is 0.397 e. The molecule has 2 aromatic rings. The van der Waals surface area contributed by atoms with Gasteiger partial charge in [0.25, 0.3) is 0 Å². The third kappa shape index (κ3) is 1.62. The van der Waals surface area contributed by atoms with Crippen molar-refractivity contribution in [1.29, 1.82) is 0 Å². The van der Waals surface area contributed by atoms with Gasteiger partial charge in [0.15, 0.2) is 11.0 Å². The van der Waals surface area contributed by atoms with Crippen molar-refractivity contribution < 1.29 is 4.63 Å². The molecule has 0 radical (unpaired) electrons. The van der Waals surface area contributed by atoms with Crippen LogP contribution in [0.5, 0.6) is 0 Å². The molecule has 1 heterocycles. The Balaban J connectivity index is 1.69. The highest BCUT2D eigenvalue weighted by molar-refractivity contribution is 5.95. The molecule has 2 fully saturated rings. The quantitative estimate of drug-likeness (QED) is 0.807. The average molecular weight is 244 g/mol. The summed E-state index contributed by atoms with van der Waals surface area (Å²) < 4.78 is 4.80. The molecule has 0 unspecified atom stereocenters. The van der Waals surface area contributed by atoms with E-state index in [0.717, 1.165) is 23.0 Å². The van der Waals surface area contributed by atoms with Crippen molar-refractivity contribution in [3.63, 3.8) is 0 Å². The highest BCUT2D eigenvalue weighted by Crippen LogP contribution is 2.46. The Bertz CT molecular complexity index is 574. The number of aromatic nitrogens is 2. The third-order valence-electron chi connectivity index (χ3n) is 4.03. The van der Waals surface area contributed by atoms with Gasteiger partial charge < -0.3 is 11.1 Å². The summed E-state index contributed by atoms with van der Waals surface area (Å²) in [5.41, 5.74) is 8.88. The van der Waals surface area contributed by atoms with Crippen molar-refractivity contribution in [1.82, 2.24) is 10.3 Å². The van der Waals surface area contributed by atoms with E-state index in [-0.39, 0.29) is 0 Å². The summed E-state index contributed by atoms with van der Waals surface area (Å²) in [6.45, 7) is 0. The molecule has 3 N–H and O–H groups in total. The number of nitrogens with zero attached hydrogens (tertiary/aromatic N) is 2. The van der Waals surface area contributed by atoms with Crippen LogP contribution < -0.4 is 11.1 Å². The lowest BCUT2D eigenvalue weighted by Crippen LogP contribution is -2.24. The van der Waals surface area contributed by atoms with Crippen LogP contribution in [0.25, 0.3) is 11.0 Å². The van der Waals surface area contributed by atoms with Crippen LogP contribution in [0.1, 0.15) is 25.7 Å². The van der Waals surface area contributed by atoms with Crippen LogP contribution in [0, 0.1) is 11.8 Å². The maximum absolute atomic E-state index is 5.85. The van der Waals surface area contributed by atoms with Crippen LogP contribution in [-0.4, -0.2) is 16.4 Å². The van der Waals surface area contributed by atoms with Gasteiger partial charge in [-0.15, -0.1) is 0 Å². The second-order valence-corrected chi connectivity index (χ2v) is 5.51. The monoisotopic (exact) mass is 244 g/mol. The maximum atomic E-state index is 5.85. The molecular formula is C13H16N4O. The number of nitrogen functional groups attached to an aromatic ring is 1. The number of nitrogens with one attached hydrogen (secondary N) is 1. The minimum Gasteiger partial charge on any atom is -0.397 e. The Morgan fingerprint density at radius 2 is 1.78 bits per heavy atom. The van der Waals surface area contributed by atoms with Gasteiger partial charge in [-0.3, -0.25) is 0 Å². The summed E-state index contributed by atoms with van der Waals surface area (Å²) in [4.78, 5) is 0. The third-order valence-corrected chi connectivity index (χ3v) is 4.03. The first-order valence-electron chi connectivity index (χ1n) is 6.60. The van der Waals surface area contributed by atoms with Crippen molar-refractivity contribution in [2.45, 2.75) is 31.7 Å². The van der Waals surface area contributed by atoms with Crippen LogP contribution in [0.3, 0.4) is 0 Å². The molecule has 1 aromatic heterocycles. The van der Waals surface area contributed by atoms with Crippen LogP contribution in [0.2, 0.25) is 0 Å². The first-order valence-corrected chi connectivity index (χ1v) is 6.60. The van der Waals surface area contributed by atoms with Gasteiger partial charge >= 0.3 is 0 Å². The smallest absolute Gasteiger partial charge is 0.160 e. The molecule has 0 saturated heterocycles. The first-order chi connectivity index (χ1) is 8.83. The molecule has 5 nitrogen and oxygen atoms in total. The summed E-state index contributed by atoms with van der Waals surface area (Å²) in [6.07, 6.45) is 5.40. The molecule has 5 heteroatoms. The molecule has 2 saturated carbocycles. The number of benzene rings is 1. The van der Waals surface area contributed by atoms with Crippen molar-refractivity contribution in [3.8, 4) is 0 Å². The normalized spacial score (nSPS) is 19.6. The van der Waals surface area contributed by atoms with Gasteiger partial charge in [0.05, 0.1) is 11.4 Å². The van der Waals surface area contributed by atoms with Gasteiger partial charge in [-0.2, -0.15) is 0 Å². The number of nitrogens with two attached hydrogens (primary N) is 1. The highest BCUT2D eigenvalue weighted by atomic mass is 16.6. The van der Waals surface area contributed by atoms with Gasteiger partial charge in [0, 0.05) is 6.04 Å². The molecule has 2 aliphatic rings. The summed E-state index contributed by atoms with van der Waals surface area (Å²) in [5.74, 6) is 1.68. The summed E-state index contributed by atoms with van der Waals surface area (Å²) in [6, 6.07) is 4.44. The van der Waals surface area contributed by atoms with Gasteiger partial charge in [-0.05, 0) is 60.0 Å². The molecule has 94 valence electrons. The minimum atomic E-state index is 0.591. The van der Waals surface area contributed by atoms with E-state index in [1.165, 1.54) is 25.7 Å². The zero-order valence-electron chi connectivity index (χ0n) is 10.1. The van der Waals surface area contributed by atoms with E-state index in [2.05, 4.69) is 15.6 Å². The maximum Gasteiger partial charge on any atom is 0.160 e. The molecule has 0 spiro atoms. The fourth-order valence-electron chi connectivity index (χ4n) is 2.71. The molecule has 18 heavy (non-hydrogen) atoms. The molecule has 2 aliphatic carbocycles. The van der Waals surface area contributed by atoms with E-state index in [0.29, 0.717) is 17.2 Å². The highest BCUT2D eigenvalue weighted by Gasteiger charge is 2.41. The van der Waals surface area contributed by atoms with Crippen LogP contribution in [0.15, 0.2) is 16.8 Å². The van der Waals surface area contributed by atoms with E-state index in [9.17, 15) is 0 Å². The Labute approximate surface area is 105 Å². The molecular weight excluding hydrogens is 228 g/mol. The zero-order chi connectivity index (χ0) is 12.1. The van der Waals surface area contributed by atoms with Crippen molar-refractivity contribution >= 4 is 22.4 Å². The Morgan fingerprint density at radius 1 is 1.11 bits per heavy atom. The summed E-state index contributed by atoms with van der Waals surface area (Å²) in [5, 5.41) is 11.5. The Morgan fingerprint density at radius 3 is 2.44 bits per heavy atom. The molecule has 0 aliphatic heterocycles. The number of fused-ring (bicyclic) bond motifs is 1. The fourth-order valence-corrected chi connectivity index (χ4v) is 2.71. The predicted octanol–water partition coefficient (Wildman–Crippen LogP) is 2.41. The number of hydrogen-bond donors (Lipinski definition) is 2. The van der Waals surface area contributed by atoms with E-state index in [1.807, 2.05) is 12.1 Å². The van der Waals surface area contributed by atoms with Gasteiger partial charge in [0.2, 0.25) is 0 Å². The second-order valence-electron chi connectivity index (χ2n) is 5.51. The first kappa shape index (κ1) is 10.2. The minimum absolute atomic E-state index is 0.591. The standard InChI is InChI=1S/C13H16N4O/c14-9-5-6-10(13-12(9)16-18-17-13)15-11(7-1-2-7)8-3-4-8/h5-8,11,15H,1-4,14H2. The molecule has 4 rings (SSSR count). The van der Waals surface area contributed by atoms with E-state index in [4.69, 9.17) is 10.4 Å². The Hall–Kier alpha value is -1.78. The zero-order valence-corrected chi connectivity index (χ0v) is 10.1. The number of hydrogen-bond acceptors (Lipinski definition) is 5. The lowest BCUT2D eigenvalue weighted by molar-refractivity contribution is 0.315. The average Bonchev–Trinajstić information content (AvgIpc) is 3.28. The summed E-state index contributed by atoms with van der Waals surface area (Å²) in [7, 11) is 0. The lowest BCUT2D eigenvalue weighted by atomic mass is 10.1. The molecule has 1 aromatic carbocycles. The van der Waals surface area contributed by atoms with Crippen LogP contribution >= 0.6 is 0 Å². The topological polar surface area (TPSA) is 77.0 Å². The van der Waals surface area contributed by atoms with Gasteiger partial charge in [0.1, 0.15) is 0 Å². The summed E-state index contributed by atoms with van der Waals surface area (Å²) >= 11 is 0. The molecule has 0 amide bonds. The van der Waals surface area contributed by atoms with Crippen LogP contribution in [-0.2, 0) is 0 Å². The fraction of sp³-hybridized carbons (Fsp3) is 0.538. The van der Waals surface area contributed by atoms with Gasteiger partial charge in [-0.1, -0.05) is 0 Å². The number of anilines is 2. The molecule has 0 atom stereocenters. The van der Waals surface area contributed by atoms with Crippen molar-refractivity contribution in [3.05, 3.63) is 12.1 Å². The predicted molar refractivity (Wildman–Crippen MR) is 69.1 cm³/mol. The van der Waals surface area contributed by atoms with E-state index in [1.54, 1.807) is 0 Å². The van der Waals surface area contributed by atoms with Crippen molar-refractivity contribution in [2.75, 3.05) is 11.1 Å². The number of rotatable bonds is 4. The Kier molecular flexibility index (Phi) is 2.04. The van der Waals surface area contributed by atoms with Gasteiger partial charge in [-0.25, -0.2) is 4.63 Å².